The summed E-state index contributed by atoms with van der Waals surface area (Å²) in [5, 5.41) is 5.59. The highest BCUT2D eigenvalue weighted by Gasteiger charge is 2.32. The number of sulfonamides is 1. The minimum Gasteiger partial charge on any atom is -0.275 e. The molecule has 3 heterocycles. The van der Waals surface area contributed by atoms with E-state index in [1.807, 2.05) is 0 Å². The van der Waals surface area contributed by atoms with Crippen molar-refractivity contribution in [3.63, 3.8) is 0 Å². The lowest BCUT2D eigenvalue weighted by atomic mass is 9.91. The van der Waals surface area contributed by atoms with Crippen molar-refractivity contribution in [2.75, 3.05) is 6.26 Å². The number of hydrogen-bond donors (Lipinski definition) is 1. The number of fused-ring (bicyclic) bond motifs is 1. The number of benzene rings is 1. The molecule has 12 heteroatoms. The standard InChI is InChI=1S/C24H26FN5O4S2/c1-6-14-12-18-15(13-16(14)25)21(35(5,31)32)20(30(18)23-27-10-7-11-28-23)17-8-9-19(36(26,33)34)22(29-17)24(2,3)4/h7-13H,6H2,1-5H3,(H2,26,33,34). The molecule has 4 aromatic rings. The second-order valence-corrected chi connectivity index (χ2v) is 13.0. The van der Waals surface area contributed by atoms with Crippen molar-refractivity contribution in [1.29, 1.82) is 0 Å². The first-order chi connectivity index (χ1) is 16.6. The molecule has 0 spiro atoms. The number of pyridine rings is 1. The summed E-state index contributed by atoms with van der Waals surface area (Å²) in [5.74, 6) is -0.392. The van der Waals surface area contributed by atoms with Crippen molar-refractivity contribution in [3.05, 3.63) is 59.8 Å². The molecule has 0 saturated heterocycles. The van der Waals surface area contributed by atoms with Crippen LogP contribution in [0.15, 0.2) is 52.5 Å². The van der Waals surface area contributed by atoms with Gasteiger partial charge in [-0.2, -0.15) is 0 Å². The van der Waals surface area contributed by atoms with Gasteiger partial charge in [-0.05, 0) is 42.3 Å². The van der Waals surface area contributed by atoms with E-state index in [-0.39, 0.29) is 38.2 Å². The quantitative estimate of drug-likeness (QED) is 0.416. The fourth-order valence-electron chi connectivity index (χ4n) is 4.16. The molecule has 1 aromatic carbocycles. The van der Waals surface area contributed by atoms with Gasteiger partial charge >= 0.3 is 0 Å². The maximum absolute atomic E-state index is 14.9. The fraction of sp³-hybridized carbons (Fsp3) is 0.292. The highest BCUT2D eigenvalue weighted by molar-refractivity contribution is 7.91. The maximum Gasteiger partial charge on any atom is 0.239 e. The molecule has 0 atom stereocenters. The molecule has 0 aliphatic carbocycles. The molecule has 3 aromatic heterocycles. The van der Waals surface area contributed by atoms with Crippen LogP contribution in [0, 0.1) is 5.82 Å². The first-order valence-electron chi connectivity index (χ1n) is 11.0. The minimum atomic E-state index is -4.12. The average molecular weight is 532 g/mol. The normalized spacial score (nSPS) is 12.9. The van der Waals surface area contributed by atoms with E-state index in [0.29, 0.717) is 17.5 Å². The summed E-state index contributed by atoms with van der Waals surface area (Å²) in [6.07, 6.45) is 4.40. The van der Waals surface area contributed by atoms with Crippen LogP contribution in [-0.2, 0) is 31.7 Å². The zero-order valence-electron chi connectivity index (χ0n) is 20.4. The van der Waals surface area contributed by atoms with E-state index < -0.39 is 31.1 Å². The first-order valence-corrected chi connectivity index (χ1v) is 14.5. The predicted molar refractivity (Wildman–Crippen MR) is 135 cm³/mol. The van der Waals surface area contributed by atoms with Crippen molar-refractivity contribution < 1.29 is 21.2 Å². The Morgan fingerprint density at radius 2 is 1.69 bits per heavy atom. The largest absolute Gasteiger partial charge is 0.275 e. The number of rotatable bonds is 5. The number of aromatic nitrogens is 4. The third-order valence-corrected chi connectivity index (χ3v) is 7.81. The minimum absolute atomic E-state index is 0.0952. The Bertz CT molecular complexity index is 1710. The van der Waals surface area contributed by atoms with E-state index >= 15 is 0 Å². The lowest BCUT2D eigenvalue weighted by Crippen LogP contribution is -2.23. The smallest absolute Gasteiger partial charge is 0.239 e. The zero-order valence-corrected chi connectivity index (χ0v) is 22.1. The summed E-state index contributed by atoms with van der Waals surface area (Å²) in [4.78, 5) is 12.9. The number of aryl methyl sites for hydroxylation is 1. The molecule has 9 nitrogen and oxygen atoms in total. The second kappa shape index (κ2) is 8.71. The highest BCUT2D eigenvalue weighted by atomic mass is 32.2. The van der Waals surface area contributed by atoms with Crippen LogP contribution in [-0.4, -0.2) is 42.6 Å². The van der Waals surface area contributed by atoms with Crippen LogP contribution in [0.25, 0.3) is 28.2 Å². The zero-order chi connectivity index (χ0) is 26.6. The topological polar surface area (TPSA) is 138 Å². The molecular weight excluding hydrogens is 505 g/mol. The lowest BCUT2D eigenvalue weighted by molar-refractivity contribution is 0.544. The summed E-state index contributed by atoms with van der Waals surface area (Å²) in [6.45, 7) is 7.09. The van der Waals surface area contributed by atoms with Gasteiger partial charge in [0.05, 0.1) is 22.6 Å². The number of nitrogens with zero attached hydrogens (tertiary/aromatic N) is 4. The Hall–Kier alpha value is -3.22. The molecule has 0 bridgehead atoms. The van der Waals surface area contributed by atoms with Crippen LogP contribution >= 0.6 is 0 Å². The molecule has 0 aliphatic rings. The molecule has 0 unspecified atom stereocenters. The summed E-state index contributed by atoms with van der Waals surface area (Å²) in [7, 11) is -8.06. The molecule has 36 heavy (non-hydrogen) atoms. The number of primary sulfonamides is 1. The molecule has 2 N–H and O–H groups in total. The van der Waals surface area contributed by atoms with E-state index in [1.165, 1.54) is 35.2 Å². The summed E-state index contributed by atoms with van der Waals surface area (Å²) in [6, 6.07) is 7.06. The van der Waals surface area contributed by atoms with Crippen LogP contribution in [0.2, 0.25) is 0 Å². The van der Waals surface area contributed by atoms with Crippen LogP contribution in [0.1, 0.15) is 39.0 Å². The third kappa shape index (κ3) is 4.51. The van der Waals surface area contributed by atoms with Crippen molar-refractivity contribution in [2.45, 2.75) is 49.3 Å². The van der Waals surface area contributed by atoms with Crippen molar-refractivity contribution in [2.24, 2.45) is 5.14 Å². The SMILES string of the molecule is CCc1cc2c(cc1F)c(S(C)(=O)=O)c(-c1ccc(S(N)(=O)=O)c(C(C)(C)C)n1)n2-c1ncccn1. The Labute approximate surface area is 209 Å². The van der Waals surface area contributed by atoms with Crippen molar-refractivity contribution in [3.8, 4) is 17.3 Å². The van der Waals surface area contributed by atoms with Crippen molar-refractivity contribution >= 4 is 30.8 Å². The summed E-state index contributed by atoms with van der Waals surface area (Å²) >= 11 is 0. The number of nitrogens with two attached hydrogens (primary N) is 1. The van der Waals surface area contributed by atoms with Gasteiger partial charge < -0.3 is 0 Å². The first kappa shape index (κ1) is 25.9. The van der Waals surface area contributed by atoms with E-state index in [0.717, 1.165) is 6.26 Å². The summed E-state index contributed by atoms with van der Waals surface area (Å²) < 4.78 is 67.3. The van der Waals surface area contributed by atoms with Gasteiger partial charge in [-0.15, -0.1) is 0 Å². The molecule has 0 radical (unpaired) electrons. The van der Waals surface area contributed by atoms with E-state index in [2.05, 4.69) is 15.0 Å². The van der Waals surface area contributed by atoms with E-state index in [9.17, 15) is 21.2 Å². The van der Waals surface area contributed by atoms with Gasteiger partial charge in [0.2, 0.25) is 16.0 Å². The molecular formula is C24H26FN5O4S2. The van der Waals surface area contributed by atoms with Gasteiger partial charge in [0.25, 0.3) is 0 Å². The molecule has 4 rings (SSSR count). The number of sulfone groups is 1. The van der Waals surface area contributed by atoms with Gasteiger partial charge in [-0.25, -0.2) is 41.3 Å². The maximum atomic E-state index is 14.9. The van der Waals surface area contributed by atoms with Crippen molar-refractivity contribution in [1.82, 2.24) is 19.5 Å². The fourth-order valence-corrected chi connectivity index (χ4v) is 6.15. The Morgan fingerprint density at radius 1 is 1.06 bits per heavy atom. The van der Waals surface area contributed by atoms with Gasteiger partial charge in [-0.1, -0.05) is 27.7 Å². The highest BCUT2D eigenvalue weighted by Crippen LogP contribution is 2.40. The van der Waals surface area contributed by atoms with Crippen LogP contribution in [0.3, 0.4) is 0 Å². The van der Waals surface area contributed by atoms with E-state index in [4.69, 9.17) is 5.14 Å². The van der Waals surface area contributed by atoms with E-state index in [1.54, 1.807) is 39.8 Å². The van der Waals surface area contributed by atoms with Gasteiger partial charge in [0.15, 0.2) is 9.84 Å². The van der Waals surface area contributed by atoms with Crippen LogP contribution in [0.5, 0.6) is 0 Å². The Balaban J connectivity index is 2.26. The molecule has 0 saturated carbocycles. The van der Waals surface area contributed by atoms with Crippen LogP contribution in [0.4, 0.5) is 4.39 Å². The number of hydrogen-bond acceptors (Lipinski definition) is 7. The lowest BCUT2D eigenvalue weighted by Gasteiger charge is -2.22. The van der Waals surface area contributed by atoms with Crippen LogP contribution < -0.4 is 5.14 Å². The van der Waals surface area contributed by atoms with Gasteiger partial charge in [0, 0.05) is 29.5 Å². The third-order valence-electron chi connectivity index (χ3n) is 5.71. The second-order valence-electron chi connectivity index (χ2n) is 9.49. The summed E-state index contributed by atoms with van der Waals surface area (Å²) in [5.41, 5.74) is 0.409. The van der Waals surface area contributed by atoms with Gasteiger partial charge in [-0.3, -0.25) is 4.57 Å². The molecule has 0 aliphatic heterocycles. The number of halogens is 1. The molecule has 0 amide bonds. The monoisotopic (exact) mass is 531 g/mol. The average Bonchev–Trinajstić information content (AvgIpc) is 3.11. The van der Waals surface area contributed by atoms with Gasteiger partial charge in [0.1, 0.15) is 15.6 Å². The predicted octanol–water partition coefficient (Wildman–Crippen LogP) is 3.53. The molecule has 190 valence electrons. The Kier molecular flexibility index (Phi) is 6.26. The molecule has 0 fully saturated rings. The Morgan fingerprint density at radius 3 is 2.22 bits per heavy atom.